The SMILES string of the molecule is CCS(=O)(=O)c1cc(N2CC[C@@H](F)C2)cc(F)c1C. The summed E-state index contributed by atoms with van der Waals surface area (Å²) in [6.45, 7) is 3.64. The number of rotatable bonds is 3. The second-order valence-corrected chi connectivity index (χ2v) is 7.03. The first-order valence-corrected chi connectivity index (χ1v) is 7.92. The molecule has 0 aromatic heterocycles. The van der Waals surface area contributed by atoms with Crippen LogP contribution < -0.4 is 4.90 Å². The summed E-state index contributed by atoms with van der Waals surface area (Å²) in [5, 5.41) is 0. The lowest BCUT2D eigenvalue weighted by atomic mass is 10.2. The van der Waals surface area contributed by atoms with Gasteiger partial charge in [-0.1, -0.05) is 6.92 Å². The summed E-state index contributed by atoms with van der Waals surface area (Å²) in [5.74, 6) is -0.644. The maximum atomic E-state index is 13.9. The van der Waals surface area contributed by atoms with Crippen LogP contribution >= 0.6 is 0 Å². The smallest absolute Gasteiger partial charge is 0.178 e. The molecule has 0 bridgehead atoms. The minimum absolute atomic E-state index is 0.00677. The fraction of sp³-hybridized carbons (Fsp3) is 0.538. The highest BCUT2D eigenvalue weighted by molar-refractivity contribution is 7.91. The summed E-state index contributed by atoms with van der Waals surface area (Å²) in [4.78, 5) is 1.69. The quantitative estimate of drug-likeness (QED) is 0.858. The second-order valence-electron chi connectivity index (χ2n) is 4.79. The summed E-state index contributed by atoms with van der Waals surface area (Å²) in [7, 11) is -3.48. The van der Waals surface area contributed by atoms with Crippen LogP contribution in [-0.2, 0) is 9.84 Å². The number of anilines is 1. The van der Waals surface area contributed by atoms with E-state index in [1.807, 2.05) is 0 Å². The summed E-state index contributed by atoms with van der Waals surface area (Å²) in [6.07, 6.45) is -0.540. The van der Waals surface area contributed by atoms with Crippen LogP contribution in [0.4, 0.5) is 14.5 Å². The average molecular weight is 289 g/mol. The molecule has 0 N–H and O–H groups in total. The van der Waals surface area contributed by atoms with Crippen molar-refractivity contribution in [3.8, 4) is 0 Å². The van der Waals surface area contributed by atoms with Gasteiger partial charge < -0.3 is 4.90 Å². The van der Waals surface area contributed by atoms with Crippen molar-refractivity contribution in [2.45, 2.75) is 31.3 Å². The molecule has 0 unspecified atom stereocenters. The third-order valence-electron chi connectivity index (χ3n) is 3.49. The van der Waals surface area contributed by atoms with Crippen LogP contribution in [0.2, 0.25) is 0 Å². The molecular weight excluding hydrogens is 272 g/mol. The average Bonchev–Trinajstić information content (AvgIpc) is 2.79. The molecule has 1 aromatic rings. The Morgan fingerprint density at radius 2 is 2.11 bits per heavy atom. The van der Waals surface area contributed by atoms with E-state index in [1.54, 1.807) is 4.90 Å². The first-order valence-electron chi connectivity index (χ1n) is 6.27. The maximum Gasteiger partial charge on any atom is 0.178 e. The summed E-state index contributed by atoms with van der Waals surface area (Å²) in [5.41, 5.74) is 0.567. The molecule has 0 spiro atoms. The number of hydrogen-bond donors (Lipinski definition) is 0. The van der Waals surface area contributed by atoms with Crippen molar-refractivity contribution in [3.63, 3.8) is 0 Å². The number of nitrogens with zero attached hydrogens (tertiary/aromatic N) is 1. The van der Waals surface area contributed by atoms with Gasteiger partial charge in [0.25, 0.3) is 0 Å². The summed E-state index contributed by atoms with van der Waals surface area (Å²) >= 11 is 0. The molecule has 1 fully saturated rings. The first kappa shape index (κ1) is 14.2. The van der Waals surface area contributed by atoms with E-state index in [-0.39, 0.29) is 22.8 Å². The van der Waals surface area contributed by atoms with E-state index in [2.05, 4.69) is 0 Å². The van der Waals surface area contributed by atoms with E-state index in [0.717, 1.165) is 0 Å². The Hall–Kier alpha value is -1.17. The lowest BCUT2D eigenvalue weighted by Crippen LogP contribution is -2.21. The molecule has 1 aliphatic heterocycles. The zero-order valence-corrected chi connectivity index (χ0v) is 11.8. The van der Waals surface area contributed by atoms with Gasteiger partial charge in [-0.3, -0.25) is 0 Å². The number of halogens is 2. The number of sulfone groups is 1. The first-order chi connectivity index (χ1) is 8.85. The number of benzene rings is 1. The Labute approximate surface area is 112 Å². The predicted octanol–water partition coefficient (Wildman–Crippen LogP) is 2.48. The van der Waals surface area contributed by atoms with Gasteiger partial charge in [0.2, 0.25) is 0 Å². The van der Waals surface area contributed by atoms with Gasteiger partial charge in [-0.25, -0.2) is 17.2 Å². The molecule has 0 aliphatic carbocycles. The van der Waals surface area contributed by atoms with E-state index in [4.69, 9.17) is 0 Å². The zero-order chi connectivity index (χ0) is 14.2. The van der Waals surface area contributed by atoms with Gasteiger partial charge in [0.05, 0.1) is 10.6 Å². The highest BCUT2D eigenvalue weighted by atomic mass is 32.2. The second kappa shape index (κ2) is 5.07. The largest absolute Gasteiger partial charge is 0.368 e. The van der Waals surface area contributed by atoms with Crippen molar-refractivity contribution in [1.29, 1.82) is 0 Å². The van der Waals surface area contributed by atoms with Crippen LogP contribution in [0.1, 0.15) is 18.9 Å². The van der Waals surface area contributed by atoms with Gasteiger partial charge in [-0.2, -0.15) is 0 Å². The van der Waals surface area contributed by atoms with Crippen LogP contribution in [-0.4, -0.2) is 33.4 Å². The van der Waals surface area contributed by atoms with E-state index < -0.39 is 21.8 Å². The van der Waals surface area contributed by atoms with Gasteiger partial charge in [0, 0.05) is 24.3 Å². The third-order valence-corrected chi connectivity index (χ3v) is 5.35. The van der Waals surface area contributed by atoms with Crippen LogP contribution in [0, 0.1) is 12.7 Å². The monoisotopic (exact) mass is 289 g/mol. The molecule has 1 aliphatic rings. The Morgan fingerprint density at radius 1 is 1.42 bits per heavy atom. The molecule has 1 saturated heterocycles. The minimum Gasteiger partial charge on any atom is -0.368 e. The van der Waals surface area contributed by atoms with Crippen molar-refractivity contribution < 1.29 is 17.2 Å². The maximum absolute atomic E-state index is 13.9. The van der Waals surface area contributed by atoms with Gasteiger partial charge in [-0.15, -0.1) is 0 Å². The van der Waals surface area contributed by atoms with E-state index in [0.29, 0.717) is 18.7 Å². The molecule has 0 radical (unpaired) electrons. The van der Waals surface area contributed by atoms with Gasteiger partial charge >= 0.3 is 0 Å². The fourth-order valence-electron chi connectivity index (χ4n) is 2.25. The van der Waals surface area contributed by atoms with Crippen molar-refractivity contribution >= 4 is 15.5 Å². The molecule has 6 heteroatoms. The zero-order valence-electron chi connectivity index (χ0n) is 11.0. The van der Waals surface area contributed by atoms with Crippen molar-refractivity contribution in [2.24, 2.45) is 0 Å². The molecule has 1 aromatic carbocycles. The summed E-state index contributed by atoms with van der Waals surface area (Å²) in [6, 6.07) is 2.73. The Kier molecular flexibility index (Phi) is 3.80. The van der Waals surface area contributed by atoms with Gasteiger partial charge in [0.15, 0.2) is 9.84 Å². The Bertz CT molecular complexity index is 587. The van der Waals surface area contributed by atoms with Crippen molar-refractivity contribution in [1.82, 2.24) is 0 Å². The molecule has 0 saturated carbocycles. The van der Waals surface area contributed by atoms with Crippen LogP contribution in [0.5, 0.6) is 0 Å². The van der Waals surface area contributed by atoms with Crippen LogP contribution in [0.15, 0.2) is 17.0 Å². The molecule has 3 nitrogen and oxygen atoms in total. The van der Waals surface area contributed by atoms with Gasteiger partial charge in [0.1, 0.15) is 12.0 Å². The predicted molar refractivity (Wildman–Crippen MR) is 70.6 cm³/mol. The van der Waals surface area contributed by atoms with Crippen molar-refractivity contribution in [3.05, 3.63) is 23.5 Å². The third kappa shape index (κ3) is 2.73. The minimum atomic E-state index is -3.48. The highest BCUT2D eigenvalue weighted by Gasteiger charge is 2.25. The van der Waals surface area contributed by atoms with Gasteiger partial charge in [-0.05, 0) is 25.5 Å². The molecular formula is C13H17F2NO2S. The fourth-order valence-corrected chi connectivity index (χ4v) is 3.43. The van der Waals surface area contributed by atoms with Crippen molar-refractivity contribution in [2.75, 3.05) is 23.7 Å². The molecule has 106 valence electrons. The van der Waals surface area contributed by atoms with Crippen LogP contribution in [0.3, 0.4) is 0 Å². The topological polar surface area (TPSA) is 37.4 Å². The van der Waals surface area contributed by atoms with E-state index in [9.17, 15) is 17.2 Å². The Morgan fingerprint density at radius 3 is 2.63 bits per heavy atom. The van der Waals surface area contributed by atoms with E-state index >= 15 is 0 Å². The molecule has 1 heterocycles. The molecule has 2 rings (SSSR count). The molecule has 19 heavy (non-hydrogen) atoms. The Balaban J connectivity index is 2.48. The highest BCUT2D eigenvalue weighted by Crippen LogP contribution is 2.29. The standard InChI is InChI=1S/C13H17F2NO2S/c1-3-19(17,18)13-7-11(6-12(15)9(13)2)16-5-4-10(14)8-16/h6-7,10H,3-5,8H2,1-2H3/t10-/m1/s1. The number of hydrogen-bond acceptors (Lipinski definition) is 3. The van der Waals surface area contributed by atoms with Crippen LogP contribution in [0.25, 0.3) is 0 Å². The molecule has 0 amide bonds. The summed E-state index contributed by atoms with van der Waals surface area (Å²) < 4.78 is 51.0. The lowest BCUT2D eigenvalue weighted by Gasteiger charge is -2.19. The number of alkyl halides is 1. The lowest BCUT2D eigenvalue weighted by molar-refractivity contribution is 0.364. The molecule has 1 atom stereocenters. The van der Waals surface area contributed by atoms with E-state index in [1.165, 1.54) is 26.0 Å². The normalized spacial score (nSPS) is 20.0.